The van der Waals surface area contributed by atoms with E-state index in [1.807, 2.05) is 6.07 Å². The smallest absolute Gasteiger partial charge is 0.119 e. The Balaban J connectivity index is 2.12. The quantitative estimate of drug-likeness (QED) is 0.678. The number of benzene rings is 2. The van der Waals surface area contributed by atoms with Gasteiger partial charge in [0, 0.05) is 0 Å². The fourth-order valence-electron chi connectivity index (χ4n) is 3.21. The van der Waals surface area contributed by atoms with Crippen molar-refractivity contribution < 1.29 is 5.11 Å². The van der Waals surface area contributed by atoms with Crippen LogP contribution in [-0.2, 0) is 19.3 Å². The number of rotatable bonds is 8. The molecule has 0 aliphatic carbocycles. The van der Waals surface area contributed by atoms with Crippen molar-refractivity contribution in [3.8, 4) is 5.75 Å². The lowest BCUT2D eigenvalue weighted by Crippen LogP contribution is -2.18. The molecule has 2 radical (unpaired) electrons. The maximum atomic E-state index is 10.2. The van der Waals surface area contributed by atoms with E-state index in [4.69, 9.17) is 0 Å². The summed E-state index contributed by atoms with van der Waals surface area (Å²) >= 11 is 0. The summed E-state index contributed by atoms with van der Waals surface area (Å²) < 4.78 is 0. The minimum absolute atomic E-state index is 0.487. The molecule has 1 nitrogen and oxygen atoms in total. The molecule has 0 aliphatic rings. The molecule has 24 heavy (non-hydrogen) atoms. The molecule has 0 amide bonds. The summed E-state index contributed by atoms with van der Waals surface area (Å²) in [5.41, 5.74) is 6.72. The molecule has 0 atom stereocenters. The molecule has 0 saturated heterocycles. The van der Waals surface area contributed by atoms with E-state index < -0.39 is 0 Å². The largest absolute Gasteiger partial charge is 0.508 e. The zero-order valence-electron chi connectivity index (χ0n) is 15.6. The first-order valence-electron chi connectivity index (χ1n) is 9.20. The van der Waals surface area contributed by atoms with Crippen molar-refractivity contribution in [3.63, 3.8) is 0 Å². The zero-order valence-corrected chi connectivity index (χ0v) is 16.6. The van der Waals surface area contributed by atoms with Crippen molar-refractivity contribution in [2.24, 2.45) is 0 Å². The molecule has 0 unspecified atom stereocenters. The summed E-state index contributed by atoms with van der Waals surface area (Å²) in [6.45, 7) is 8.80. The van der Waals surface area contributed by atoms with Gasteiger partial charge in [0.1, 0.15) is 5.75 Å². The van der Waals surface area contributed by atoms with Crippen LogP contribution in [0.25, 0.3) is 0 Å². The van der Waals surface area contributed by atoms with Gasteiger partial charge in [-0.1, -0.05) is 62.2 Å². The summed E-state index contributed by atoms with van der Waals surface area (Å²) in [6.07, 6.45) is 5.33. The normalized spacial score (nSPS) is 11.0. The Bertz CT molecular complexity index is 676. The summed E-state index contributed by atoms with van der Waals surface area (Å²) in [5.74, 6) is 0.487. The highest BCUT2D eigenvalue weighted by atomic mass is 28.2. The molecule has 0 aromatic heterocycles. The van der Waals surface area contributed by atoms with Crippen LogP contribution in [0.3, 0.4) is 0 Å². The van der Waals surface area contributed by atoms with Gasteiger partial charge in [0.15, 0.2) is 0 Å². The number of phenols is 1. The van der Waals surface area contributed by atoms with E-state index in [9.17, 15) is 5.11 Å². The first-order valence-corrected chi connectivity index (χ1v) is 10.4. The van der Waals surface area contributed by atoms with Crippen molar-refractivity contribution in [1.82, 2.24) is 0 Å². The highest BCUT2D eigenvalue weighted by Crippen LogP contribution is 2.26. The van der Waals surface area contributed by atoms with Gasteiger partial charge < -0.3 is 5.11 Å². The topological polar surface area (TPSA) is 20.2 Å². The third kappa shape index (κ3) is 4.73. The predicted octanol–water partition coefficient (Wildman–Crippen LogP) is 4.90. The van der Waals surface area contributed by atoms with Gasteiger partial charge in [-0.05, 0) is 67.0 Å². The molecule has 2 heteroatoms. The van der Waals surface area contributed by atoms with Crippen LogP contribution in [0.1, 0.15) is 54.5 Å². The molecule has 128 valence electrons. The van der Waals surface area contributed by atoms with Crippen LogP contribution in [0.15, 0.2) is 30.3 Å². The van der Waals surface area contributed by atoms with E-state index in [2.05, 4.69) is 52.0 Å². The summed E-state index contributed by atoms with van der Waals surface area (Å²) in [7, 11) is 0.856. The van der Waals surface area contributed by atoms with Crippen molar-refractivity contribution in [2.45, 2.75) is 65.8 Å². The number of hydrogen-bond donors (Lipinski definition) is 1. The van der Waals surface area contributed by atoms with E-state index in [-0.39, 0.29) is 0 Å². The molecule has 2 aromatic carbocycles. The van der Waals surface area contributed by atoms with Gasteiger partial charge in [0.2, 0.25) is 0 Å². The highest BCUT2D eigenvalue weighted by Gasteiger charge is 2.10. The first kappa shape index (κ1) is 18.8. The lowest BCUT2D eigenvalue weighted by molar-refractivity contribution is 0.466. The van der Waals surface area contributed by atoms with Crippen molar-refractivity contribution in [1.29, 1.82) is 0 Å². The lowest BCUT2D eigenvalue weighted by Gasteiger charge is -2.14. The number of aryl methyl sites for hydroxylation is 4. The van der Waals surface area contributed by atoms with E-state index in [1.54, 1.807) is 0 Å². The molecule has 1 N–H and O–H groups in total. The van der Waals surface area contributed by atoms with Gasteiger partial charge in [-0.3, -0.25) is 0 Å². The molecule has 0 bridgehead atoms. The van der Waals surface area contributed by atoms with Gasteiger partial charge in [-0.2, -0.15) is 0 Å². The summed E-state index contributed by atoms with van der Waals surface area (Å²) in [4.78, 5) is 0. The average Bonchev–Trinajstić information content (AvgIpc) is 2.55. The second-order valence-electron chi connectivity index (χ2n) is 6.67. The highest BCUT2D eigenvalue weighted by molar-refractivity contribution is 6.54. The Labute approximate surface area is 150 Å². The zero-order chi connectivity index (χ0) is 17.5. The Morgan fingerprint density at radius 1 is 0.875 bits per heavy atom. The van der Waals surface area contributed by atoms with Gasteiger partial charge >= 0.3 is 0 Å². The van der Waals surface area contributed by atoms with E-state index >= 15 is 0 Å². The standard InChI is InChI=1S/C22H30OSi/c1-5-8-18-15-21(23)20(9-6-2)14-19(18)12-13-24-22-11-7-10-16(3)17(22)4/h7,10-11,14-15,23H,5-6,8-9,12-13H2,1-4H3. The molecular weight excluding hydrogens is 308 g/mol. The molecule has 0 spiro atoms. The fourth-order valence-corrected chi connectivity index (χ4v) is 4.55. The summed E-state index contributed by atoms with van der Waals surface area (Å²) in [5, 5.41) is 11.7. The van der Waals surface area contributed by atoms with Crippen LogP contribution in [-0.4, -0.2) is 14.6 Å². The van der Waals surface area contributed by atoms with Gasteiger partial charge in [-0.15, -0.1) is 0 Å². The number of aromatic hydroxyl groups is 1. The van der Waals surface area contributed by atoms with Gasteiger partial charge in [-0.25, -0.2) is 0 Å². The van der Waals surface area contributed by atoms with Gasteiger partial charge in [0.25, 0.3) is 0 Å². The SMILES string of the molecule is CCCc1cc(CC[Si]c2cccc(C)c2C)c(CCC)cc1O. The third-order valence-electron chi connectivity index (χ3n) is 4.75. The van der Waals surface area contributed by atoms with E-state index in [1.165, 1.54) is 33.5 Å². The Kier molecular flexibility index (Phi) is 7.10. The minimum atomic E-state index is 0.487. The summed E-state index contributed by atoms with van der Waals surface area (Å²) in [6, 6.07) is 12.1. The lowest BCUT2D eigenvalue weighted by atomic mass is 9.96. The minimum Gasteiger partial charge on any atom is -0.508 e. The fraction of sp³-hybridized carbons (Fsp3) is 0.455. The molecular formula is C22H30OSi. The van der Waals surface area contributed by atoms with Crippen molar-refractivity contribution >= 4 is 14.7 Å². The van der Waals surface area contributed by atoms with Crippen LogP contribution in [0.5, 0.6) is 5.75 Å². The van der Waals surface area contributed by atoms with Crippen molar-refractivity contribution in [3.05, 3.63) is 58.1 Å². The Hall–Kier alpha value is -1.54. The van der Waals surface area contributed by atoms with Crippen LogP contribution in [0.2, 0.25) is 6.04 Å². The van der Waals surface area contributed by atoms with Crippen LogP contribution in [0, 0.1) is 13.8 Å². The maximum Gasteiger partial charge on any atom is 0.119 e. The molecule has 0 aliphatic heterocycles. The van der Waals surface area contributed by atoms with Crippen molar-refractivity contribution in [2.75, 3.05) is 0 Å². The second-order valence-corrected chi connectivity index (χ2v) is 8.07. The van der Waals surface area contributed by atoms with Crippen LogP contribution in [0.4, 0.5) is 0 Å². The number of hydrogen-bond acceptors (Lipinski definition) is 1. The molecule has 0 saturated carbocycles. The average molecular weight is 339 g/mol. The van der Waals surface area contributed by atoms with E-state index in [0.717, 1.165) is 47.2 Å². The van der Waals surface area contributed by atoms with Crippen LogP contribution >= 0.6 is 0 Å². The molecule has 0 fully saturated rings. The van der Waals surface area contributed by atoms with E-state index in [0.29, 0.717) is 5.75 Å². The predicted molar refractivity (Wildman–Crippen MR) is 106 cm³/mol. The molecule has 2 rings (SSSR count). The van der Waals surface area contributed by atoms with Gasteiger partial charge in [0.05, 0.1) is 9.52 Å². The second kappa shape index (κ2) is 9.07. The maximum absolute atomic E-state index is 10.2. The first-order chi connectivity index (χ1) is 11.6. The molecule has 2 aromatic rings. The third-order valence-corrected chi connectivity index (χ3v) is 6.18. The Morgan fingerprint density at radius 2 is 1.54 bits per heavy atom. The monoisotopic (exact) mass is 338 g/mol. The number of phenolic OH excluding ortho intramolecular Hbond substituents is 1. The Morgan fingerprint density at radius 3 is 2.25 bits per heavy atom. The molecule has 0 heterocycles. The van der Waals surface area contributed by atoms with Crippen LogP contribution < -0.4 is 5.19 Å².